The Kier molecular flexibility index (Phi) is 2.75. The van der Waals surface area contributed by atoms with Crippen LogP contribution in [-0.2, 0) is 18.3 Å². The Balaban J connectivity index is 2.03. The first kappa shape index (κ1) is 10.2. The van der Waals surface area contributed by atoms with Crippen LogP contribution < -0.4 is 0 Å². The minimum atomic E-state index is 0.167. The lowest BCUT2D eigenvalue weighted by Gasteiger charge is -2.13. The van der Waals surface area contributed by atoms with Gasteiger partial charge in [-0.05, 0) is 13.3 Å². The maximum absolute atomic E-state index is 11.9. The van der Waals surface area contributed by atoms with Crippen LogP contribution in [0.25, 0.3) is 0 Å². The molecule has 1 fully saturated rings. The number of nitrogens with zero attached hydrogens (tertiary/aromatic N) is 3. The van der Waals surface area contributed by atoms with Crippen LogP contribution in [-0.4, -0.2) is 33.4 Å². The van der Waals surface area contributed by atoms with Gasteiger partial charge in [0.1, 0.15) is 0 Å². The number of rotatable bonds is 3. The largest absolute Gasteiger partial charge is 0.343 e. The van der Waals surface area contributed by atoms with E-state index in [1.807, 2.05) is 29.6 Å². The predicted molar refractivity (Wildman–Crippen MR) is 57.3 cm³/mol. The average molecular weight is 207 g/mol. The number of amides is 1. The molecular weight excluding hydrogens is 190 g/mol. The highest BCUT2D eigenvalue weighted by Gasteiger charge is 2.30. The molecule has 1 atom stereocenters. The number of aromatic nitrogens is 2. The highest BCUT2D eigenvalue weighted by atomic mass is 16.2. The van der Waals surface area contributed by atoms with Gasteiger partial charge in [-0.1, -0.05) is 0 Å². The molecule has 0 aromatic carbocycles. The maximum Gasteiger partial charge on any atom is 0.226 e. The molecule has 4 heteroatoms. The smallest absolute Gasteiger partial charge is 0.226 e. The van der Waals surface area contributed by atoms with Gasteiger partial charge in [-0.15, -0.1) is 0 Å². The summed E-state index contributed by atoms with van der Waals surface area (Å²) in [6.07, 6.45) is 5.44. The van der Waals surface area contributed by atoms with Gasteiger partial charge in [0.05, 0.1) is 6.33 Å². The molecule has 0 saturated carbocycles. The van der Waals surface area contributed by atoms with E-state index in [1.165, 1.54) is 0 Å². The van der Waals surface area contributed by atoms with E-state index in [0.717, 1.165) is 31.6 Å². The Hall–Kier alpha value is -1.32. The van der Waals surface area contributed by atoms with Crippen LogP contribution >= 0.6 is 0 Å². The van der Waals surface area contributed by atoms with Crippen molar-refractivity contribution in [1.82, 2.24) is 14.5 Å². The summed E-state index contributed by atoms with van der Waals surface area (Å²) in [4.78, 5) is 17.9. The topological polar surface area (TPSA) is 38.1 Å². The number of aryl methyl sites for hydroxylation is 1. The molecule has 1 saturated heterocycles. The summed E-state index contributed by atoms with van der Waals surface area (Å²) in [7, 11) is 1.97. The van der Waals surface area contributed by atoms with Gasteiger partial charge in [0.25, 0.3) is 0 Å². The van der Waals surface area contributed by atoms with Crippen molar-refractivity contribution in [3.05, 3.63) is 18.2 Å². The van der Waals surface area contributed by atoms with Gasteiger partial charge in [0, 0.05) is 44.4 Å². The van der Waals surface area contributed by atoms with Crippen LogP contribution in [0.5, 0.6) is 0 Å². The second-order valence-electron chi connectivity index (χ2n) is 4.10. The minimum Gasteiger partial charge on any atom is -0.343 e. The minimum absolute atomic E-state index is 0.167. The van der Waals surface area contributed by atoms with Crippen LogP contribution in [0.15, 0.2) is 12.5 Å². The summed E-state index contributed by atoms with van der Waals surface area (Å²) in [6.45, 7) is 3.78. The van der Waals surface area contributed by atoms with E-state index >= 15 is 0 Å². The predicted octanol–water partition coefficient (Wildman–Crippen LogP) is 0.831. The molecule has 4 nitrogen and oxygen atoms in total. The van der Waals surface area contributed by atoms with E-state index in [0.29, 0.717) is 5.91 Å². The zero-order valence-electron chi connectivity index (χ0n) is 9.31. The highest BCUT2D eigenvalue weighted by molar-refractivity contribution is 5.81. The van der Waals surface area contributed by atoms with Crippen molar-refractivity contribution < 1.29 is 4.79 Å². The molecule has 1 amide bonds. The number of carbonyl (C=O) groups is 1. The summed E-state index contributed by atoms with van der Waals surface area (Å²) in [6, 6.07) is 0. The zero-order chi connectivity index (χ0) is 10.8. The Bertz CT molecular complexity index is 358. The standard InChI is InChI=1S/C11H17N3O/c1-3-14-5-4-9(11(14)15)6-10-7-12-8-13(10)2/h7-9H,3-6H2,1-2H3/t9-/m1/s1. The van der Waals surface area contributed by atoms with Gasteiger partial charge in [0.15, 0.2) is 0 Å². The van der Waals surface area contributed by atoms with Gasteiger partial charge in [-0.3, -0.25) is 4.79 Å². The second kappa shape index (κ2) is 4.04. The van der Waals surface area contributed by atoms with Crippen LogP contribution in [0.3, 0.4) is 0 Å². The van der Waals surface area contributed by atoms with Gasteiger partial charge in [-0.25, -0.2) is 4.98 Å². The van der Waals surface area contributed by atoms with E-state index in [4.69, 9.17) is 0 Å². The van der Waals surface area contributed by atoms with E-state index < -0.39 is 0 Å². The molecule has 1 aromatic heterocycles. The Morgan fingerprint density at radius 1 is 1.60 bits per heavy atom. The Morgan fingerprint density at radius 2 is 2.40 bits per heavy atom. The number of hydrogen-bond donors (Lipinski definition) is 0. The Labute approximate surface area is 89.9 Å². The lowest BCUT2D eigenvalue weighted by molar-refractivity contribution is -0.130. The molecular formula is C11H17N3O. The SMILES string of the molecule is CCN1CC[C@H](Cc2cncn2C)C1=O. The van der Waals surface area contributed by atoms with Crippen molar-refractivity contribution in [2.24, 2.45) is 13.0 Å². The summed E-state index contributed by atoms with van der Waals surface area (Å²) in [5, 5.41) is 0. The summed E-state index contributed by atoms with van der Waals surface area (Å²) < 4.78 is 1.99. The maximum atomic E-state index is 11.9. The van der Waals surface area contributed by atoms with E-state index in [1.54, 1.807) is 6.33 Å². The van der Waals surface area contributed by atoms with E-state index in [2.05, 4.69) is 4.98 Å². The highest BCUT2D eigenvalue weighted by Crippen LogP contribution is 2.21. The van der Waals surface area contributed by atoms with Gasteiger partial charge >= 0.3 is 0 Å². The summed E-state index contributed by atoms with van der Waals surface area (Å²) in [5.41, 5.74) is 1.14. The van der Waals surface area contributed by atoms with Gasteiger partial charge in [0.2, 0.25) is 5.91 Å². The number of likely N-dealkylation sites (tertiary alicyclic amines) is 1. The molecule has 0 N–H and O–H groups in total. The van der Waals surface area contributed by atoms with Crippen LogP contribution in [0.2, 0.25) is 0 Å². The lowest BCUT2D eigenvalue weighted by atomic mass is 10.0. The molecule has 82 valence electrons. The third-order valence-corrected chi connectivity index (χ3v) is 3.16. The molecule has 0 spiro atoms. The van der Waals surface area contributed by atoms with Crippen molar-refractivity contribution in [1.29, 1.82) is 0 Å². The molecule has 0 bridgehead atoms. The first-order chi connectivity index (χ1) is 7.22. The lowest BCUT2D eigenvalue weighted by Crippen LogP contribution is -2.27. The first-order valence-electron chi connectivity index (χ1n) is 5.46. The van der Waals surface area contributed by atoms with Crippen LogP contribution in [0.1, 0.15) is 19.0 Å². The van der Waals surface area contributed by atoms with E-state index in [9.17, 15) is 4.79 Å². The average Bonchev–Trinajstić information content (AvgIpc) is 2.77. The second-order valence-corrected chi connectivity index (χ2v) is 4.10. The first-order valence-corrected chi connectivity index (χ1v) is 5.46. The fourth-order valence-corrected chi connectivity index (χ4v) is 2.14. The molecule has 1 aromatic rings. The van der Waals surface area contributed by atoms with Crippen molar-refractivity contribution >= 4 is 5.91 Å². The third-order valence-electron chi connectivity index (χ3n) is 3.16. The van der Waals surface area contributed by atoms with Gasteiger partial charge < -0.3 is 9.47 Å². The Morgan fingerprint density at radius 3 is 2.93 bits per heavy atom. The van der Waals surface area contributed by atoms with Crippen molar-refractivity contribution in [2.75, 3.05) is 13.1 Å². The molecule has 2 heterocycles. The fourth-order valence-electron chi connectivity index (χ4n) is 2.14. The van der Waals surface area contributed by atoms with Crippen LogP contribution in [0.4, 0.5) is 0 Å². The number of carbonyl (C=O) groups excluding carboxylic acids is 1. The molecule has 1 aliphatic heterocycles. The fraction of sp³-hybridized carbons (Fsp3) is 0.636. The monoisotopic (exact) mass is 207 g/mol. The normalized spacial score (nSPS) is 21.3. The summed E-state index contributed by atoms with van der Waals surface area (Å²) in [5.74, 6) is 0.471. The molecule has 1 aliphatic rings. The van der Waals surface area contributed by atoms with E-state index in [-0.39, 0.29) is 5.92 Å². The zero-order valence-corrected chi connectivity index (χ0v) is 9.31. The van der Waals surface area contributed by atoms with Crippen LogP contribution in [0, 0.1) is 5.92 Å². The third kappa shape index (κ3) is 1.89. The van der Waals surface area contributed by atoms with Crippen molar-refractivity contribution in [3.63, 3.8) is 0 Å². The molecule has 2 rings (SSSR count). The molecule has 15 heavy (non-hydrogen) atoms. The number of hydrogen-bond acceptors (Lipinski definition) is 2. The quantitative estimate of drug-likeness (QED) is 0.736. The molecule has 0 unspecified atom stereocenters. The molecule has 0 aliphatic carbocycles. The van der Waals surface area contributed by atoms with Crippen molar-refractivity contribution in [2.45, 2.75) is 19.8 Å². The van der Waals surface area contributed by atoms with Gasteiger partial charge in [-0.2, -0.15) is 0 Å². The molecule has 0 radical (unpaired) electrons. The summed E-state index contributed by atoms with van der Waals surface area (Å²) >= 11 is 0. The van der Waals surface area contributed by atoms with Crippen molar-refractivity contribution in [3.8, 4) is 0 Å². The number of imidazole rings is 1.